The highest BCUT2D eigenvalue weighted by atomic mass is 19.1. The molecule has 0 aromatic rings. The van der Waals surface area contributed by atoms with Crippen LogP contribution in [0.15, 0.2) is 0 Å². The van der Waals surface area contributed by atoms with Crippen LogP contribution in [0.3, 0.4) is 0 Å². The molecule has 0 unspecified atom stereocenters. The van der Waals surface area contributed by atoms with Gasteiger partial charge in [0, 0.05) is 12.0 Å². The Bertz CT molecular complexity index is 237. The van der Waals surface area contributed by atoms with Gasteiger partial charge in [0.05, 0.1) is 0 Å². The predicted molar refractivity (Wildman–Crippen MR) is 56.5 cm³/mol. The predicted octanol–water partition coefficient (Wildman–Crippen LogP) is 2.65. The molecule has 0 aliphatic heterocycles. The van der Waals surface area contributed by atoms with Gasteiger partial charge in [0.1, 0.15) is 11.8 Å². The molecule has 1 aliphatic carbocycles. The molecule has 3 atom stereocenters. The summed E-state index contributed by atoms with van der Waals surface area (Å²) in [5, 5.41) is 2.71. The lowest BCUT2D eigenvalue weighted by Crippen LogP contribution is -2.41. The van der Waals surface area contributed by atoms with Gasteiger partial charge in [-0.15, -0.1) is 0 Å². The summed E-state index contributed by atoms with van der Waals surface area (Å²) in [6.45, 7) is 7.24. The molecule has 1 rings (SSSR count). The molecule has 1 saturated carbocycles. The summed E-state index contributed by atoms with van der Waals surface area (Å²) >= 11 is 0. The lowest BCUT2D eigenvalue weighted by Gasteiger charge is -2.23. The van der Waals surface area contributed by atoms with Crippen LogP contribution in [-0.4, -0.2) is 23.9 Å². The fraction of sp³-hybridized carbons (Fsp3) is 0.909. The average molecular weight is 217 g/mol. The molecule has 15 heavy (non-hydrogen) atoms. The summed E-state index contributed by atoms with van der Waals surface area (Å²) < 4.78 is 18.3. The van der Waals surface area contributed by atoms with Crippen LogP contribution in [0.5, 0.6) is 0 Å². The number of alkyl carbamates (subject to hydrolysis) is 1. The van der Waals surface area contributed by atoms with Crippen molar-refractivity contribution < 1.29 is 13.9 Å². The standard InChI is InChI=1S/C11H20FNO2/c1-7-8(12)5-6-9(7)13-10(14)15-11(2,3)4/h7-9H,5-6H2,1-4H3,(H,13,14)/t7-,8-,9-/m1/s1. The van der Waals surface area contributed by atoms with Crippen LogP contribution in [-0.2, 0) is 4.74 Å². The number of ether oxygens (including phenoxy) is 1. The Labute approximate surface area is 90.4 Å². The summed E-state index contributed by atoms with van der Waals surface area (Å²) in [7, 11) is 0. The molecule has 3 nitrogen and oxygen atoms in total. The molecule has 1 N–H and O–H groups in total. The van der Waals surface area contributed by atoms with Crippen molar-refractivity contribution in [3.8, 4) is 0 Å². The lowest BCUT2D eigenvalue weighted by molar-refractivity contribution is 0.0490. The van der Waals surface area contributed by atoms with E-state index in [9.17, 15) is 9.18 Å². The Morgan fingerprint density at radius 3 is 2.40 bits per heavy atom. The first kappa shape index (κ1) is 12.3. The summed E-state index contributed by atoms with van der Waals surface area (Å²) in [5.74, 6) is -0.113. The quantitative estimate of drug-likeness (QED) is 0.733. The topological polar surface area (TPSA) is 38.3 Å². The van der Waals surface area contributed by atoms with E-state index in [1.807, 2.05) is 27.7 Å². The van der Waals surface area contributed by atoms with Crippen LogP contribution < -0.4 is 5.32 Å². The molecule has 1 amide bonds. The molecule has 0 aromatic heterocycles. The maximum atomic E-state index is 13.2. The molecular formula is C11H20FNO2. The van der Waals surface area contributed by atoms with Gasteiger partial charge in [-0.2, -0.15) is 0 Å². The molecule has 0 bridgehead atoms. The van der Waals surface area contributed by atoms with Crippen molar-refractivity contribution in [2.75, 3.05) is 0 Å². The van der Waals surface area contributed by atoms with E-state index >= 15 is 0 Å². The number of amides is 1. The van der Waals surface area contributed by atoms with Crippen molar-refractivity contribution in [1.82, 2.24) is 5.32 Å². The van der Waals surface area contributed by atoms with Crippen LogP contribution >= 0.6 is 0 Å². The lowest BCUT2D eigenvalue weighted by atomic mass is 10.1. The second kappa shape index (κ2) is 4.37. The van der Waals surface area contributed by atoms with E-state index in [1.165, 1.54) is 0 Å². The molecule has 0 saturated heterocycles. The van der Waals surface area contributed by atoms with E-state index in [0.717, 1.165) is 0 Å². The normalized spacial score (nSPS) is 31.4. The van der Waals surface area contributed by atoms with Gasteiger partial charge in [-0.1, -0.05) is 6.92 Å². The fourth-order valence-corrected chi connectivity index (χ4v) is 1.78. The Kier molecular flexibility index (Phi) is 3.58. The largest absolute Gasteiger partial charge is 0.444 e. The maximum Gasteiger partial charge on any atom is 0.407 e. The molecule has 0 radical (unpaired) electrons. The highest BCUT2D eigenvalue weighted by Crippen LogP contribution is 2.28. The van der Waals surface area contributed by atoms with Gasteiger partial charge in [-0.25, -0.2) is 9.18 Å². The van der Waals surface area contributed by atoms with E-state index in [4.69, 9.17) is 4.74 Å². The Hall–Kier alpha value is -0.800. The SMILES string of the molecule is C[C@@H]1[C@H](F)CC[C@H]1NC(=O)OC(C)(C)C. The average Bonchev–Trinajstić information content (AvgIpc) is 2.32. The minimum Gasteiger partial charge on any atom is -0.444 e. The third kappa shape index (κ3) is 3.68. The second-order valence-corrected chi connectivity index (χ2v) is 5.21. The number of rotatable bonds is 1. The summed E-state index contributed by atoms with van der Waals surface area (Å²) in [6, 6.07) is -0.0881. The van der Waals surface area contributed by atoms with Crippen LogP contribution in [0, 0.1) is 5.92 Å². The Morgan fingerprint density at radius 1 is 1.40 bits per heavy atom. The molecule has 0 heterocycles. The first-order chi connectivity index (χ1) is 6.79. The van der Waals surface area contributed by atoms with E-state index < -0.39 is 17.9 Å². The van der Waals surface area contributed by atoms with Crippen LogP contribution in [0.1, 0.15) is 40.5 Å². The van der Waals surface area contributed by atoms with E-state index in [2.05, 4.69) is 5.32 Å². The number of carbonyl (C=O) groups is 1. The number of halogens is 1. The first-order valence-corrected chi connectivity index (χ1v) is 5.43. The van der Waals surface area contributed by atoms with E-state index in [-0.39, 0.29) is 12.0 Å². The number of alkyl halides is 1. The van der Waals surface area contributed by atoms with Gasteiger partial charge in [0.15, 0.2) is 0 Å². The van der Waals surface area contributed by atoms with Gasteiger partial charge in [-0.05, 0) is 33.6 Å². The van der Waals surface area contributed by atoms with Gasteiger partial charge in [-0.3, -0.25) is 0 Å². The zero-order chi connectivity index (χ0) is 11.6. The Balaban J connectivity index is 2.39. The van der Waals surface area contributed by atoms with Crippen molar-refractivity contribution in [3.63, 3.8) is 0 Å². The number of hydrogen-bond acceptors (Lipinski definition) is 2. The zero-order valence-corrected chi connectivity index (χ0v) is 9.84. The molecule has 1 aliphatic rings. The maximum absolute atomic E-state index is 13.2. The highest BCUT2D eigenvalue weighted by Gasteiger charge is 2.34. The van der Waals surface area contributed by atoms with Crippen molar-refractivity contribution >= 4 is 6.09 Å². The molecule has 88 valence electrons. The third-order valence-electron chi connectivity index (χ3n) is 2.66. The fourth-order valence-electron chi connectivity index (χ4n) is 1.78. The van der Waals surface area contributed by atoms with Gasteiger partial charge >= 0.3 is 6.09 Å². The van der Waals surface area contributed by atoms with Gasteiger partial charge in [0.25, 0.3) is 0 Å². The minimum absolute atomic E-state index is 0.0881. The first-order valence-electron chi connectivity index (χ1n) is 5.43. The second-order valence-electron chi connectivity index (χ2n) is 5.21. The zero-order valence-electron chi connectivity index (χ0n) is 9.84. The van der Waals surface area contributed by atoms with Gasteiger partial charge in [0.2, 0.25) is 0 Å². The minimum atomic E-state index is -0.801. The van der Waals surface area contributed by atoms with Crippen molar-refractivity contribution in [1.29, 1.82) is 0 Å². The third-order valence-corrected chi connectivity index (χ3v) is 2.66. The molecule has 0 aromatic carbocycles. The van der Waals surface area contributed by atoms with Crippen molar-refractivity contribution in [2.45, 2.75) is 58.4 Å². The molecule has 4 heteroatoms. The summed E-state index contributed by atoms with van der Waals surface area (Å²) in [6.07, 6.45) is -0.0261. The Morgan fingerprint density at radius 2 is 2.00 bits per heavy atom. The van der Waals surface area contributed by atoms with Crippen LogP contribution in [0.4, 0.5) is 9.18 Å². The van der Waals surface area contributed by atoms with Crippen molar-refractivity contribution in [2.24, 2.45) is 5.92 Å². The smallest absolute Gasteiger partial charge is 0.407 e. The van der Waals surface area contributed by atoms with Crippen LogP contribution in [0.2, 0.25) is 0 Å². The molecule has 0 spiro atoms. The van der Waals surface area contributed by atoms with E-state index in [0.29, 0.717) is 12.8 Å². The van der Waals surface area contributed by atoms with Gasteiger partial charge < -0.3 is 10.1 Å². The highest BCUT2D eigenvalue weighted by molar-refractivity contribution is 5.68. The van der Waals surface area contributed by atoms with Crippen LogP contribution in [0.25, 0.3) is 0 Å². The number of nitrogens with one attached hydrogen (secondary N) is 1. The number of hydrogen-bond donors (Lipinski definition) is 1. The summed E-state index contributed by atoms with van der Waals surface area (Å²) in [4.78, 5) is 11.4. The van der Waals surface area contributed by atoms with Crippen molar-refractivity contribution in [3.05, 3.63) is 0 Å². The monoisotopic (exact) mass is 217 g/mol. The number of carbonyl (C=O) groups excluding carboxylic acids is 1. The molecule has 1 fully saturated rings. The summed E-state index contributed by atoms with van der Waals surface area (Å²) in [5.41, 5.74) is -0.499. The molecular weight excluding hydrogens is 197 g/mol. The van der Waals surface area contributed by atoms with E-state index in [1.54, 1.807) is 0 Å².